The van der Waals surface area contributed by atoms with Gasteiger partial charge in [-0.15, -0.1) is 0 Å². The molecule has 0 saturated carbocycles. The summed E-state index contributed by atoms with van der Waals surface area (Å²) in [5.41, 5.74) is 0. The second-order valence-electron chi connectivity index (χ2n) is 11.4. The monoisotopic (exact) mass is 658 g/mol. The van der Waals surface area contributed by atoms with Gasteiger partial charge in [-0.3, -0.25) is 0 Å². The summed E-state index contributed by atoms with van der Waals surface area (Å²) in [6, 6.07) is 0. The Labute approximate surface area is 334 Å². The summed E-state index contributed by atoms with van der Waals surface area (Å²) in [5, 5.41) is 0. The van der Waals surface area contributed by atoms with E-state index in [-0.39, 0.29) is 114 Å². The molecule has 0 bridgehead atoms. The van der Waals surface area contributed by atoms with Crippen molar-refractivity contribution in [3.63, 3.8) is 0 Å². The molecule has 0 aliphatic rings. The Morgan fingerprint density at radius 1 is 0.250 bits per heavy atom. The van der Waals surface area contributed by atoms with Crippen LogP contribution in [0.2, 0.25) is 0 Å². The number of hydrogen-bond donors (Lipinski definition) is 0. The summed E-state index contributed by atoms with van der Waals surface area (Å²) in [6.07, 6.45) is 34.1. The van der Waals surface area contributed by atoms with Crippen molar-refractivity contribution in [3.05, 3.63) is 0 Å². The Hall–Kier alpha value is 3.09. The summed E-state index contributed by atoms with van der Waals surface area (Å²) in [6.45, 7) is 0. The molecule has 0 aliphatic heterocycles. The zero-order chi connectivity index (χ0) is 28.2. The third kappa shape index (κ3) is 45.5. The predicted octanol–water partition coefficient (Wildman–Crippen LogP) is 3.01. The van der Waals surface area contributed by atoms with Crippen LogP contribution in [0.4, 0.5) is 0 Å². The van der Waals surface area contributed by atoms with Crippen molar-refractivity contribution >= 4 is 20.2 Å². The van der Waals surface area contributed by atoms with Gasteiger partial charge in [0.1, 0.15) is 0 Å². The van der Waals surface area contributed by atoms with Crippen molar-refractivity contribution in [1.82, 2.24) is 0 Å². The molecule has 0 amide bonds. The maximum atomic E-state index is 10.5. The minimum atomic E-state index is -4.02. The standard InChI is InChI=1S/C30H62O6S2.2K/c31-37(32,33)29-27-25-23-21-19-17-15-13-11-9-7-5-3-1-2-4-6-8-10-12-14-16-18-20-22-24-26-28-30-38(34,35)36;;/h1-30H2,(H,31,32,33)(H,34,35,36);;/q;2*+1/p-2. The van der Waals surface area contributed by atoms with E-state index in [1.807, 2.05) is 0 Å². The van der Waals surface area contributed by atoms with E-state index in [4.69, 9.17) is 0 Å². The average Bonchev–Trinajstić information content (AvgIpc) is 2.84. The van der Waals surface area contributed by atoms with Gasteiger partial charge in [0.15, 0.2) is 0 Å². The minimum absolute atomic E-state index is 0. The molecule has 0 fully saturated rings. The maximum absolute atomic E-state index is 10.5. The van der Waals surface area contributed by atoms with Gasteiger partial charge >= 0.3 is 103 Å². The van der Waals surface area contributed by atoms with E-state index < -0.39 is 20.2 Å². The molecule has 0 aliphatic carbocycles. The molecular weight excluding hydrogens is 599 g/mol. The third-order valence-corrected chi connectivity index (χ3v) is 9.12. The Morgan fingerprint density at radius 3 is 0.450 bits per heavy atom. The summed E-state index contributed by atoms with van der Waals surface area (Å²) < 4.78 is 63.2. The SMILES string of the molecule is O=S(=O)([O-])CCCCCCCCCCCCCCCCCCCCCCCCCCCCCCS(=O)(=O)[O-].[K+].[K+]. The summed E-state index contributed by atoms with van der Waals surface area (Å²) >= 11 is 0. The topological polar surface area (TPSA) is 114 Å². The summed E-state index contributed by atoms with van der Waals surface area (Å²) in [7, 11) is -8.04. The van der Waals surface area contributed by atoms with E-state index in [2.05, 4.69) is 0 Å². The maximum Gasteiger partial charge on any atom is 1.00 e. The van der Waals surface area contributed by atoms with Crippen molar-refractivity contribution in [3.8, 4) is 0 Å². The van der Waals surface area contributed by atoms with Crippen LogP contribution in [0.5, 0.6) is 0 Å². The molecule has 0 saturated heterocycles. The van der Waals surface area contributed by atoms with Crippen LogP contribution < -0.4 is 103 Å². The zero-order valence-corrected chi connectivity index (χ0v) is 34.4. The van der Waals surface area contributed by atoms with Gasteiger partial charge in [0.2, 0.25) is 0 Å². The quantitative estimate of drug-likeness (QED) is 0.0643. The minimum Gasteiger partial charge on any atom is -0.748 e. The van der Waals surface area contributed by atoms with E-state index in [1.165, 1.54) is 128 Å². The van der Waals surface area contributed by atoms with E-state index in [0.29, 0.717) is 12.8 Å². The largest absolute Gasteiger partial charge is 1.00 e. The average molecular weight is 659 g/mol. The first-order valence-electron chi connectivity index (χ1n) is 16.1. The fourth-order valence-electron chi connectivity index (χ4n) is 5.15. The molecule has 0 N–H and O–H groups in total. The molecule has 0 aromatic rings. The van der Waals surface area contributed by atoms with E-state index in [0.717, 1.165) is 38.5 Å². The molecule has 0 spiro atoms. The van der Waals surface area contributed by atoms with Gasteiger partial charge in [0, 0.05) is 11.5 Å². The smallest absolute Gasteiger partial charge is 0.748 e. The molecule has 0 rings (SSSR count). The van der Waals surface area contributed by atoms with Gasteiger partial charge in [-0.25, -0.2) is 16.8 Å². The fraction of sp³-hybridized carbons (Fsp3) is 1.00. The molecular formula is C30H60K2O6S2. The molecule has 0 atom stereocenters. The van der Waals surface area contributed by atoms with E-state index >= 15 is 0 Å². The number of rotatable bonds is 31. The van der Waals surface area contributed by atoms with Crippen molar-refractivity contribution in [1.29, 1.82) is 0 Å². The van der Waals surface area contributed by atoms with Crippen molar-refractivity contribution in [2.75, 3.05) is 11.5 Å². The molecule has 0 aromatic carbocycles. The van der Waals surface area contributed by atoms with Crippen LogP contribution in [0.15, 0.2) is 0 Å². The molecule has 6 nitrogen and oxygen atoms in total. The van der Waals surface area contributed by atoms with Crippen molar-refractivity contribution in [2.24, 2.45) is 0 Å². The molecule has 0 aromatic heterocycles. The zero-order valence-electron chi connectivity index (χ0n) is 26.5. The van der Waals surface area contributed by atoms with Gasteiger partial charge in [-0.1, -0.05) is 167 Å². The van der Waals surface area contributed by atoms with Crippen LogP contribution in [0, 0.1) is 0 Å². The third-order valence-electron chi connectivity index (χ3n) is 7.54. The Morgan fingerprint density at radius 2 is 0.350 bits per heavy atom. The molecule has 40 heavy (non-hydrogen) atoms. The summed E-state index contributed by atoms with van der Waals surface area (Å²) in [5.74, 6) is -0.406. The Bertz CT molecular complexity index is 643. The van der Waals surface area contributed by atoms with Crippen LogP contribution in [0.1, 0.15) is 180 Å². The number of unbranched alkanes of at least 4 members (excludes halogenated alkanes) is 27. The predicted molar refractivity (Wildman–Crippen MR) is 158 cm³/mol. The molecule has 0 heterocycles. The van der Waals surface area contributed by atoms with Gasteiger partial charge in [-0.05, 0) is 12.8 Å². The second-order valence-corrected chi connectivity index (χ2v) is 14.5. The first-order chi connectivity index (χ1) is 18.2. The molecule has 0 radical (unpaired) electrons. The van der Waals surface area contributed by atoms with Crippen LogP contribution in [0.25, 0.3) is 0 Å². The van der Waals surface area contributed by atoms with Crippen molar-refractivity contribution in [2.45, 2.75) is 180 Å². The van der Waals surface area contributed by atoms with E-state index in [1.54, 1.807) is 0 Å². The number of hydrogen-bond acceptors (Lipinski definition) is 6. The van der Waals surface area contributed by atoms with Gasteiger partial charge in [0.25, 0.3) is 0 Å². The van der Waals surface area contributed by atoms with Crippen LogP contribution in [-0.4, -0.2) is 37.4 Å². The molecule has 10 heteroatoms. The molecule has 0 unspecified atom stereocenters. The first-order valence-corrected chi connectivity index (χ1v) is 19.2. The van der Waals surface area contributed by atoms with Gasteiger partial charge in [0.05, 0.1) is 20.2 Å². The molecule has 230 valence electrons. The Balaban J connectivity index is -0.00000684. The fourth-order valence-corrected chi connectivity index (χ4v) is 6.27. The second kappa shape index (κ2) is 35.0. The van der Waals surface area contributed by atoms with Crippen molar-refractivity contribution < 1.29 is 129 Å². The Kier molecular flexibility index (Phi) is 41.5. The van der Waals surface area contributed by atoms with Crippen LogP contribution in [-0.2, 0) is 20.2 Å². The van der Waals surface area contributed by atoms with Crippen LogP contribution >= 0.6 is 0 Å². The first kappa shape index (κ1) is 47.5. The summed E-state index contributed by atoms with van der Waals surface area (Å²) in [4.78, 5) is 0. The van der Waals surface area contributed by atoms with E-state index in [9.17, 15) is 25.9 Å². The van der Waals surface area contributed by atoms with Crippen LogP contribution in [0.3, 0.4) is 0 Å². The van der Waals surface area contributed by atoms with Gasteiger partial charge < -0.3 is 9.11 Å². The normalized spacial score (nSPS) is 11.8. The van der Waals surface area contributed by atoms with Gasteiger partial charge in [-0.2, -0.15) is 0 Å².